The zero-order valence-corrected chi connectivity index (χ0v) is 17.9. The lowest BCUT2D eigenvalue weighted by Crippen LogP contribution is -2.39. The van der Waals surface area contributed by atoms with Crippen molar-refractivity contribution in [3.05, 3.63) is 35.1 Å². The molecule has 0 radical (unpaired) electrons. The van der Waals surface area contributed by atoms with E-state index < -0.39 is 11.9 Å². The van der Waals surface area contributed by atoms with Gasteiger partial charge in [-0.05, 0) is 49.7 Å². The number of halogens is 3. The van der Waals surface area contributed by atoms with Crippen LogP contribution in [0.3, 0.4) is 0 Å². The summed E-state index contributed by atoms with van der Waals surface area (Å²) in [4.78, 5) is 14.0. The zero-order valence-electron chi connectivity index (χ0n) is 17.1. The Morgan fingerprint density at radius 3 is 2.74 bits per heavy atom. The standard InChI is InChI=1S/C22H25F3N4OS/c23-22(24,25)19-13-31-21(28-19)18-12-27-20-17(18)10-15(11-26-20)14-2-4-16(5-3-14)29-6-1-8-30-9-7-29/h10-14,16H,1-9H2,(H,26,27). The third-order valence-corrected chi connectivity index (χ3v) is 7.39. The first-order valence-electron chi connectivity index (χ1n) is 10.8. The van der Waals surface area contributed by atoms with Gasteiger partial charge in [-0.25, -0.2) is 9.97 Å². The first-order chi connectivity index (χ1) is 15.0. The normalized spacial score (nSPS) is 23.8. The fraction of sp³-hybridized carbons (Fsp3) is 0.545. The van der Waals surface area contributed by atoms with Gasteiger partial charge < -0.3 is 9.72 Å². The molecule has 3 aromatic heterocycles. The van der Waals surface area contributed by atoms with E-state index in [9.17, 15) is 13.2 Å². The molecule has 1 N–H and O–H groups in total. The van der Waals surface area contributed by atoms with Crippen LogP contribution in [0.15, 0.2) is 23.8 Å². The Balaban J connectivity index is 1.33. The van der Waals surface area contributed by atoms with Crippen LogP contribution in [0.2, 0.25) is 0 Å². The van der Waals surface area contributed by atoms with Gasteiger partial charge >= 0.3 is 6.18 Å². The number of nitrogens with zero attached hydrogens (tertiary/aromatic N) is 3. The SMILES string of the molecule is FC(F)(F)c1csc(-c2c[nH]c3ncc(C4CCC(N5CCCOCC5)CC4)cc23)n1. The van der Waals surface area contributed by atoms with Gasteiger partial charge in [0.05, 0.1) is 6.61 Å². The van der Waals surface area contributed by atoms with Crippen LogP contribution in [-0.2, 0) is 10.9 Å². The minimum Gasteiger partial charge on any atom is -0.380 e. The number of ether oxygens (including phenoxy) is 1. The Labute approximate surface area is 182 Å². The Hall–Kier alpha value is -1.97. The average molecular weight is 451 g/mol. The molecule has 9 heteroatoms. The van der Waals surface area contributed by atoms with E-state index in [4.69, 9.17) is 4.74 Å². The summed E-state index contributed by atoms with van der Waals surface area (Å²) >= 11 is 1.01. The first kappa shape index (κ1) is 20.9. The van der Waals surface area contributed by atoms with E-state index >= 15 is 0 Å². The van der Waals surface area contributed by atoms with Crippen LogP contribution in [0.25, 0.3) is 21.6 Å². The van der Waals surface area contributed by atoms with Crippen molar-refractivity contribution < 1.29 is 17.9 Å². The molecule has 1 saturated carbocycles. The van der Waals surface area contributed by atoms with Crippen molar-refractivity contribution in [1.29, 1.82) is 0 Å². The monoisotopic (exact) mass is 450 g/mol. The fourth-order valence-electron chi connectivity index (χ4n) is 4.85. The number of aromatic nitrogens is 3. The number of H-pyrrole nitrogens is 1. The Bertz CT molecular complexity index is 1030. The van der Waals surface area contributed by atoms with Gasteiger partial charge in [-0.1, -0.05) is 0 Å². The quantitative estimate of drug-likeness (QED) is 0.576. The maximum Gasteiger partial charge on any atom is 0.434 e. The van der Waals surface area contributed by atoms with Crippen LogP contribution in [0.1, 0.15) is 49.3 Å². The highest BCUT2D eigenvalue weighted by Crippen LogP contribution is 2.39. The smallest absolute Gasteiger partial charge is 0.380 e. The maximum absolute atomic E-state index is 13.0. The molecule has 31 heavy (non-hydrogen) atoms. The highest BCUT2D eigenvalue weighted by molar-refractivity contribution is 7.13. The maximum atomic E-state index is 13.0. The number of nitrogens with one attached hydrogen (secondary N) is 1. The van der Waals surface area contributed by atoms with Crippen LogP contribution in [-0.4, -0.2) is 52.2 Å². The Morgan fingerprint density at radius 2 is 1.97 bits per heavy atom. The zero-order chi connectivity index (χ0) is 21.4. The molecule has 2 aliphatic rings. The van der Waals surface area contributed by atoms with Gasteiger partial charge in [0.2, 0.25) is 0 Å². The molecule has 0 unspecified atom stereocenters. The summed E-state index contributed by atoms with van der Waals surface area (Å²) in [5.41, 5.74) is 1.69. The first-order valence-corrected chi connectivity index (χ1v) is 11.7. The summed E-state index contributed by atoms with van der Waals surface area (Å²) in [5.74, 6) is 0.432. The summed E-state index contributed by atoms with van der Waals surface area (Å²) < 4.78 is 44.5. The third kappa shape index (κ3) is 4.36. The number of hydrogen-bond acceptors (Lipinski definition) is 5. The van der Waals surface area contributed by atoms with Gasteiger partial charge in [-0.15, -0.1) is 11.3 Å². The molecule has 0 aromatic carbocycles. The second-order valence-electron chi connectivity index (χ2n) is 8.41. The van der Waals surface area contributed by atoms with Crippen molar-refractivity contribution in [3.63, 3.8) is 0 Å². The molecular weight excluding hydrogens is 425 g/mol. The van der Waals surface area contributed by atoms with Gasteiger partial charge in [0.25, 0.3) is 0 Å². The van der Waals surface area contributed by atoms with Gasteiger partial charge in [0.1, 0.15) is 10.7 Å². The van der Waals surface area contributed by atoms with Crippen LogP contribution < -0.4 is 0 Å². The molecule has 1 aliphatic carbocycles. The molecule has 2 fully saturated rings. The largest absolute Gasteiger partial charge is 0.434 e. The predicted octanol–water partition coefficient (Wildman–Crippen LogP) is 5.45. The van der Waals surface area contributed by atoms with E-state index in [1.165, 1.54) is 5.56 Å². The lowest BCUT2D eigenvalue weighted by molar-refractivity contribution is -0.140. The topological polar surface area (TPSA) is 54.0 Å². The van der Waals surface area contributed by atoms with E-state index in [1.54, 1.807) is 6.20 Å². The fourth-order valence-corrected chi connectivity index (χ4v) is 5.71. The van der Waals surface area contributed by atoms with Crippen molar-refractivity contribution in [2.45, 2.75) is 50.2 Å². The Kier molecular flexibility index (Phi) is 5.75. The van der Waals surface area contributed by atoms with Gasteiger partial charge in [-0.3, -0.25) is 4.90 Å². The van der Waals surface area contributed by atoms with Crippen molar-refractivity contribution >= 4 is 22.4 Å². The molecule has 0 atom stereocenters. The second kappa shape index (κ2) is 8.52. The summed E-state index contributed by atoms with van der Waals surface area (Å²) in [6.45, 7) is 3.82. The van der Waals surface area contributed by atoms with E-state index in [-0.39, 0.29) is 0 Å². The third-order valence-electron chi connectivity index (χ3n) is 6.52. The average Bonchev–Trinajstić information content (AvgIpc) is 3.33. The number of pyridine rings is 1. The van der Waals surface area contributed by atoms with Gasteiger partial charge in [0, 0.05) is 54.5 Å². The molecule has 5 nitrogen and oxygen atoms in total. The lowest BCUT2D eigenvalue weighted by Gasteiger charge is -2.36. The number of hydrogen-bond donors (Lipinski definition) is 1. The summed E-state index contributed by atoms with van der Waals surface area (Å²) in [6, 6.07) is 2.71. The predicted molar refractivity (Wildman–Crippen MR) is 114 cm³/mol. The highest BCUT2D eigenvalue weighted by atomic mass is 32.1. The van der Waals surface area contributed by atoms with Crippen LogP contribution >= 0.6 is 11.3 Å². The van der Waals surface area contributed by atoms with Crippen molar-refractivity contribution in [2.75, 3.05) is 26.3 Å². The molecule has 5 rings (SSSR count). The molecule has 1 saturated heterocycles. The second-order valence-corrected chi connectivity index (χ2v) is 9.27. The number of alkyl halides is 3. The van der Waals surface area contributed by atoms with Crippen molar-refractivity contribution in [1.82, 2.24) is 19.9 Å². The summed E-state index contributed by atoms with van der Waals surface area (Å²) in [5, 5.41) is 2.28. The summed E-state index contributed by atoms with van der Waals surface area (Å²) in [6.07, 6.45) is 4.81. The number of aromatic amines is 1. The van der Waals surface area contributed by atoms with E-state index in [1.807, 2.05) is 6.20 Å². The molecule has 1 aliphatic heterocycles. The molecule has 166 valence electrons. The Morgan fingerprint density at radius 1 is 1.13 bits per heavy atom. The number of fused-ring (bicyclic) bond motifs is 1. The minimum atomic E-state index is -4.43. The number of thiazole rings is 1. The van der Waals surface area contributed by atoms with E-state index in [0.717, 1.165) is 80.5 Å². The minimum absolute atomic E-state index is 0.365. The molecule has 3 aromatic rings. The molecule has 0 bridgehead atoms. The van der Waals surface area contributed by atoms with E-state index in [0.29, 0.717) is 28.2 Å². The van der Waals surface area contributed by atoms with Gasteiger partial charge in [0.15, 0.2) is 5.69 Å². The summed E-state index contributed by atoms with van der Waals surface area (Å²) in [7, 11) is 0. The van der Waals surface area contributed by atoms with Crippen molar-refractivity contribution in [3.8, 4) is 10.6 Å². The molecule has 0 spiro atoms. The van der Waals surface area contributed by atoms with Crippen LogP contribution in [0.5, 0.6) is 0 Å². The lowest BCUT2D eigenvalue weighted by atomic mass is 9.81. The van der Waals surface area contributed by atoms with Gasteiger partial charge in [-0.2, -0.15) is 13.2 Å². The van der Waals surface area contributed by atoms with E-state index in [2.05, 4.69) is 25.9 Å². The highest BCUT2D eigenvalue weighted by Gasteiger charge is 2.34. The molecule has 0 amide bonds. The molecular formula is C22H25F3N4OS. The van der Waals surface area contributed by atoms with Crippen molar-refractivity contribution in [2.24, 2.45) is 0 Å². The molecule has 4 heterocycles. The van der Waals surface area contributed by atoms with Crippen LogP contribution in [0.4, 0.5) is 13.2 Å². The number of rotatable bonds is 3. The van der Waals surface area contributed by atoms with Crippen LogP contribution in [0, 0.1) is 0 Å².